The van der Waals surface area contributed by atoms with Gasteiger partial charge in [-0.25, -0.2) is 8.78 Å². The fourth-order valence-electron chi connectivity index (χ4n) is 5.74. The molecule has 2 fully saturated rings. The Balaban J connectivity index is 1.54. The molecule has 0 amide bonds. The number of aryl methyl sites for hydroxylation is 1. The Labute approximate surface area is 186 Å². The van der Waals surface area contributed by atoms with Crippen molar-refractivity contribution in [3.8, 4) is 0 Å². The molecule has 2 aliphatic rings. The second kappa shape index (κ2) is 9.12. The number of benzene rings is 2. The zero-order chi connectivity index (χ0) is 22.8. The van der Waals surface area contributed by atoms with Crippen LogP contribution in [0.2, 0.25) is 0 Å². The van der Waals surface area contributed by atoms with E-state index < -0.39 is 23.4 Å². The Morgan fingerprint density at radius 2 is 1.59 bits per heavy atom. The van der Waals surface area contributed by atoms with Gasteiger partial charge in [0.15, 0.2) is 0 Å². The number of rotatable bonds is 6. The van der Waals surface area contributed by atoms with Crippen LogP contribution in [0.25, 0.3) is 0 Å². The Kier molecular flexibility index (Phi) is 6.62. The molecule has 2 aromatic carbocycles. The lowest BCUT2D eigenvalue weighted by Crippen LogP contribution is -2.46. The maximum atomic E-state index is 13.5. The van der Waals surface area contributed by atoms with E-state index in [-0.39, 0.29) is 11.0 Å². The van der Waals surface area contributed by atoms with Gasteiger partial charge in [-0.3, -0.25) is 0 Å². The van der Waals surface area contributed by atoms with E-state index in [2.05, 4.69) is 0 Å². The van der Waals surface area contributed by atoms with E-state index in [1.807, 2.05) is 6.07 Å². The summed E-state index contributed by atoms with van der Waals surface area (Å²) in [6.45, 7) is 0.547. The summed E-state index contributed by atoms with van der Waals surface area (Å²) in [6, 6.07) is 9.31. The van der Waals surface area contributed by atoms with Crippen LogP contribution in [-0.4, -0.2) is 12.2 Å². The average Bonchev–Trinajstić information content (AvgIpc) is 3.17. The second-order valence-corrected chi connectivity index (χ2v) is 9.51. The molecule has 1 spiro atoms. The van der Waals surface area contributed by atoms with Gasteiger partial charge in [-0.2, -0.15) is 13.2 Å². The van der Waals surface area contributed by atoms with Gasteiger partial charge < -0.3 is 4.74 Å². The molecule has 1 heterocycles. The van der Waals surface area contributed by atoms with Gasteiger partial charge in [0, 0.05) is 18.1 Å². The van der Waals surface area contributed by atoms with Crippen molar-refractivity contribution in [3.05, 3.63) is 70.8 Å². The molecular formula is C26H29F5O. The van der Waals surface area contributed by atoms with Crippen LogP contribution < -0.4 is 0 Å². The average molecular weight is 453 g/mol. The molecule has 1 saturated heterocycles. The zero-order valence-electron chi connectivity index (χ0n) is 18.1. The molecule has 4 rings (SSSR count). The van der Waals surface area contributed by atoms with Crippen molar-refractivity contribution in [1.29, 1.82) is 0 Å². The first-order chi connectivity index (χ1) is 15.2. The van der Waals surface area contributed by atoms with Crippen LogP contribution in [0.3, 0.4) is 0 Å². The zero-order valence-corrected chi connectivity index (χ0v) is 18.1. The van der Waals surface area contributed by atoms with Crippen molar-refractivity contribution >= 4 is 0 Å². The second-order valence-electron chi connectivity index (χ2n) is 9.51. The van der Waals surface area contributed by atoms with Gasteiger partial charge in [0.05, 0.1) is 11.2 Å². The summed E-state index contributed by atoms with van der Waals surface area (Å²) >= 11 is 0. The molecule has 32 heavy (non-hydrogen) atoms. The van der Waals surface area contributed by atoms with Gasteiger partial charge in [-0.05, 0) is 74.3 Å². The van der Waals surface area contributed by atoms with E-state index >= 15 is 0 Å². The monoisotopic (exact) mass is 452 g/mol. The van der Waals surface area contributed by atoms with Crippen molar-refractivity contribution in [2.45, 2.75) is 81.4 Å². The standard InChI is InChI=1S/C26H29F5O/c27-22-14-19(15-23(28)17-22)6-1-2-9-24(12-13-32-25(18-24)10-3-4-11-25)20-7-5-8-21(16-20)26(29,30)31/h5,7-8,14-17H,1-4,6,9-13,18H2/t24-/m1/s1. The number of ether oxygens (including phenoxy) is 1. The Bertz CT molecular complexity index is 912. The van der Waals surface area contributed by atoms with E-state index in [1.54, 1.807) is 0 Å². The highest BCUT2D eigenvalue weighted by molar-refractivity contribution is 5.33. The molecule has 1 atom stereocenters. The third-order valence-electron chi connectivity index (χ3n) is 7.26. The SMILES string of the molecule is Fc1cc(F)cc(CCCC[C@@]2(c3cccc(C(F)(F)F)c3)CCOC3(CCCC3)C2)c1. The predicted molar refractivity (Wildman–Crippen MR) is 113 cm³/mol. The molecule has 6 heteroatoms. The summed E-state index contributed by atoms with van der Waals surface area (Å²) in [5.74, 6) is -1.18. The molecule has 1 saturated carbocycles. The van der Waals surface area contributed by atoms with Gasteiger partial charge in [-0.1, -0.05) is 37.5 Å². The smallest absolute Gasteiger partial charge is 0.375 e. The third kappa shape index (κ3) is 5.16. The van der Waals surface area contributed by atoms with E-state index in [0.717, 1.165) is 69.1 Å². The summed E-state index contributed by atoms with van der Waals surface area (Å²) in [5.41, 5.74) is 0.111. The fraction of sp³-hybridized carbons (Fsp3) is 0.538. The lowest BCUT2D eigenvalue weighted by atomic mass is 9.65. The van der Waals surface area contributed by atoms with Gasteiger partial charge in [-0.15, -0.1) is 0 Å². The van der Waals surface area contributed by atoms with Crippen LogP contribution in [0.4, 0.5) is 22.0 Å². The number of unbranched alkanes of at least 4 members (excludes halogenated alkanes) is 1. The molecule has 2 aromatic rings. The molecule has 1 aliphatic heterocycles. The Hall–Kier alpha value is -1.95. The molecule has 1 aliphatic carbocycles. The highest BCUT2D eigenvalue weighted by Gasteiger charge is 2.48. The normalized spacial score (nSPS) is 23.0. The fourth-order valence-corrected chi connectivity index (χ4v) is 5.74. The maximum Gasteiger partial charge on any atom is 0.416 e. The molecule has 0 unspecified atom stereocenters. The van der Waals surface area contributed by atoms with E-state index in [4.69, 9.17) is 4.74 Å². The third-order valence-corrected chi connectivity index (χ3v) is 7.26. The van der Waals surface area contributed by atoms with Gasteiger partial charge in [0.2, 0.25) is 0 Å². The quantitative estimate of drug-likeness (QED) is 0.321. The summed E-state index contributed by atoms with van der Waals surface area (Å²) < 4.78 is 73.4. The van der Waals surface area contributed by atoms with Crippen molar-refractivity contribution in [3.63, 3.8) is 0 Å². The lowest BCUT2D eigenvalue weighted by Gasteiger charge is -2.47. The largest absolute Gasteiger partial charge is 0.416 e. The summed E-state index contributed by atoms with van der Waals surface area (Å²) in [5, 5.41) is 0. The molecule has 174 valence electrons. The van der Waals surface area contributed by atoms with Crippen LogP contribution in [-0.2, 0) is 22.7 Å². The molecular weight excluding hydrogens is 423 g/mol. The van der Waals surface area contributed by atoms with Gasteiger partial charge in [0.25, 0.3) is 0 Å². The summed E-state index contributed by atoms with van der Waals surface area (Å²) in [7, 11) is 0. The first-order valence-corrected chi connectivity index (χ1v) is 11.5. The van der Waals surface area contributed by atoms with Crippen LogP contribution >= 0.6 is 0 Å². The first kappa shape index (κ1) is 23.2. The highest BCUT2D eigenvalue weighted by Crippen LogP contribution is 2.51. The maximum absolute atomic E-state index is 13.5. The molecule has 0 aromatic heterocycles. The molecule has 0 radical (unpaired) electrons. The summed E-state index contributed by atoms with van der Waals surface area (Å²) in [6.07, 6.45) is 3.88. The predicted octanol–water partition coefficient (Wildman–Crippen LogP) is 7.76. The molecule has 0 bridgehead atoms. The van der Waals surface area contributed by atoms with Crippen molar-refractivity contribution < 1.29 is 26.7 Å². The molecule has 0 N–H and O–H groups in total. The number of halogens is 5. The van der Waals surface area contributed by atoms with Crippen LogP contribution in [0.15, 0.2) is 42.5 Å². The van der Waals surface area contributed by atoms with Gasteiger partial charge >= 0.3 is 6.18 Å². The van der Waals surface area contributed by atoms with E-state index in [0.29, 0.717) is 25.0 Å². The lowest BCUT2D eigenvalue weighted by molar-refractivity contribution is -0.137. The number of alkyl halides is 3. The number of hydrogen-bond acceptors (Lipinski definition) is 1. The minimum Gasteiger partial charge on any atom is -0.375 e. The van der Waals surface area contributed by atoms with E-state index in [9.17, 15) is 22.0 Å². The number of hydrogen-bond donors (Lipinski definition) is 0. The van der Waals surface area contributed by atoms with Crippen molar-refractivity contribution in [2.75, 3.05) is 6.61 Å². The van der Waals surface area contributed by atoms with Crippen LogP contribution in [0.5, 0.6) is 0 Å². The van der Waals surface area contributed by atoms with Crippen molar-refractivity contribution in [1.82, 2.24) is 0 Å². The molecule has 1 nitrogen and oxygen atoms in total. The summed E-state index contributed by atoms with van der Waals surface area (Å²) in [4.78, 5) is 0. The minimum absolute atomic E-state index is 0.238. The Morgan fingerprint density at radius 1 is 0.875 bits per heavy atom. The highest BCUT2D eigenvalue weighted by atomic mass is 19.4. The minimum atomic E-state index is -4.38. The topological polar surface area (TPSA) is 9.23 Å². The van der Waals surface area contributed by atoms with Crippen LogP contribution in [0.1, 0.15) is 74.5 Å². The van der Waals surface area contributed by atoms with Crippen LogP contribution in [0, 0.1) is 11.6 Å². The van der Waals surface area contributed by atoms with Gasteiger partial charge in [0.1, 0.15) is 11.6 Å². The first-order valence-electron chi connectivity index (χ1n) is 11.5. The van der Waals surface area contributed by atoms with E-state index in [1.165, 1.54) is 24.3 Å². The van der Waals surface area contributed by atoms with Crippen molar-refractivity contribution in [2.24, 2.45) is 0 Å². The Morgan fingerprint density at radius 3 is 2.28 bits per heavy atom.